The number of ether oxygens (including phenoxy) is 1. The molecule has 2 aliphatic heterocycles. The van der Waals surface area contributed by atoms with Gasteiger partial charge in [0.25, 0.3) is 0 Å². The normalized spacial score (nSPS) is 24.0. The van der Waals surface area contributed by atoms with Gasteiger partial charge in [0.2, 0.25) is 4.77 Å². The summed E-state index contributed by atoms with van der Waals surface area (Å²) < 4.78 is 24.0. The molecule has 0 bridgehead atoms. The molecule has 0 spiro atoms. The quantitative estimate of drug-likeness (QED) is 0.476. The smallest absolute Gasteiger partial charge is 0.204 e. The minimum atomic E-state index is -0.268. The van der Waals surface area contributed by atoms with Gasteiger partial charge < -0.3 is 4.74 Å². The van der Waals surface area contributed by atoms with Crippen molar-refractivity contribution >= 4 is 12.2 Å². The Hall–Kier alpha value is -2.39. The van der Waals surface area contributed by atoms with Gasteiger partial charge in [-0.1, -0.05) is 30.3 Å². The summed E-state index contributed by atoms with van der Waals surface area (Å²) in [4.78, 5) is 5.03. The largest absolute Gasteiger partial charge is 0.373 e. The summed E-state index contributed by atoms with van der Waals surface area (Å²) in [5, 5.41) is 4.95. The average Bonchev–Trinajstić information content (AvgIpc) is 3.38. The highest BCUT2D eigenvalue weighted by atomic mass is 32.1. The van der Waals surface area contributed by atoms with Crippen molar-refractivity contribution in [2.24, 2.45) is 0 Å². The van der Waals surface area contributed by atoms with E-state index < -0.39 is 0 Å². The standard InChI is InChI=1S/C26H32FN5OS/c1-19-15-29(16-20(2)33-19)17-24-9-6-14-30(24)18-31-26(34)32(23-12-10-22(27)11-13-23)25(28-31)21-7-4-3-5-8-21/h3-5,7-8,10-13,19-20,24H,6,9,14-18H2,1-2H3/t19-,20+,24-/m0/s1. The van der Waals surface area contributed by atoms with Gasteiger partial charge in [0.15, 0.2) is 5.82 Å². The van der Waals surface area contributed by atoms with Crippen LogP contribution in [0.2, 0.25) is 0 Å². The lowest BCUT2D eigenvalue weighted by Crippen LogP contribution is -2.50. The molecule has 5 rings (SSSR count). The summed E-state index contributed by atoms with van der Waals surface area (Å²) in [6.07, 6.45) is 2.90. The number of likely N-dealkylation sites (tertiary alicyclic amines) is 1. The van der Waals surface area contributed by atoms with Crippen molar-refractivity contribution in [1.82, 2.24) is 24.1 Å². The van der Waals surface area contributed by atoms with Crippen LogP contribution in [-0.2, 0) is 11.4 Å². The van der Waals surface area contributed by atoms with E-state index in [9.17, 15) is 4.39 Å². The Morgan fingerprint density at radius 1 is 1.03 bits per heavy atom. The van der Waals surface area contributed by atoms with Crippen LogP contribution in [0.1, 0.15) is 26.7 Å². The van der Waals surface area contributed by atoms with Gasteiger partial charge in [-0.25, -0.2) is 9.07 Å². The van der Waals surface area contributed by atoms with Gasteiger partial charge in [-0.3, -0.25) is 14.4 Å². The zero-order chi connectivity index (χ0) is 23.7. The highest BCUT2D eigenvalue weighted by Crippen LogP contribution is 2.25. The predicted octanol–water partition coefficient (Wildman–Crippen LogP) is 4.74. The summed E-state index contributed by atoms with van der Waals surface area (Å²) in [7, 11) is 0. The first-order valence-corrected chi connectivity index (χ1v) is 12.5. The molecule has 2 aliphatic rings. The molecule has 6 nitrogen and oxygen atoms in total. The summed E-state index contributed by atoms with van der Waals surface area (Å²) >= 11 is 5.91. The third kappa shape index (κ3) is 5.00. The van der Waals surface area contributed by atoms with Gasteiger partial charge >= 0.3 is 0 Å². The van der Waals surface area contributed by atoms with E-state index in [2.05, 4.69) is 23.6 Å². The molecular weight excluding hydrogens is 449 g/mol. The first-order valence-electron chi connectivity index (χ1n) is 12.1. The van der Waals surface area contributed by atoms with Gasteiger partial charge in [-0.2, -0.15) is 0 Å². The molecule has 3 aromatic rings. The van der Waals surface area contributed by atoms with E-state index in [4.69, 9.17) is 22.1 Å². The van der Waals surface area contributed by atoms with Crippen molar-refractivity contribution in [2.75, 3.05) is 26.2 Å². The van der Waals surface area contributed by atoms with Crippen LogP contribution in [0.5, 0.6) is 0 Å². The van der Waals surface area contributed by atoms with Crippen LogP contribution in [0.4, 0.5) is 4.39 Å². The van der Waals surface area contributed by atoms with E-state index in [-0.39, 0.29) is 18.0 Å². The Balaban J connectivity index is 1.42. The zero-order valence-electron chi connectivity index (χ0n) is 19.8. The summed E-state index contributed by atoms with van der Waals surface area (Å²) in [5.74, 6) is 0.499. The van der Waals surface area contributed by atoms with Crippen LogP contribution in [-0.4, -0.2) is 68.6 Å². The molecule has 3 atom stereocenters. The Labute approximate surface area is 205 Å². The lowest BCUT2D eigenvalue weighted by molar-refractivity contribution is -0.0730. The van der Waals surface area contributed by atoms with Crippen molar-refractivity contribution in [2.45, 2.75) is 51.6 Å². The first-order chi connectivity index (χ1) is 16.5. The number of morpholine rings is 1. The van der Waals surface area contributed by atoms with Crippen molar-refractivity contribution in [3.05, 3.63) is 65.2 Å². The molecule has 8 heteroatoms. The van der Waals surface area contributed by atoms with Crippen LogP contribution in [0.25, 0.3) is 17.1 Å². The van der Waals surface area contributed by atoms with Crippen LogP contribution in [0.15, 0.2) is 54.6 Å². The van der Waals surface area contributed by atoms with Crippen molar-refractivity contribution in [3.63, 3.8) is 0 Å². The molecule has 0 unspecified atom stereocenters. The van der Waals surface area contributed by atoms with Gasteiger partial charge in [0.1, 0.15) is 5.82 Å². The number of benzene rings is 2. The molecule has 1 aromatic heterocycles. The van der Waals surface area contributed by atoms with Gasteiger partial charge in [0.05, 0.1) is 24.6 Å². The summed E-state index contributed by atoms with van der Waals surface area (Å²) in [5.41, 5.74) is 1.79. The molecule has 34 heavy (non-hydrogen) atoms. The second-order valence-corrected chi connectivity index (χ2v) is 9.87. The fraction of sp³-hybridized carbons (Fsp3) is 0.462. The second kappa shape index (κ2) is 10.1. The van der Waals surface area contributed by atoms with Crippen LogP contribution in [0.3, 0.4) is 0 Å². The highest BCUT2D eigenvalue weighted by Gasteiger charge is 2.30. The first kappa shape index (κ1) is 23.4. The Morgan fingerprint density at radius 2 is 1.74 bits per heavy atom. The van der Waals surface area contributed by atoms with Crippen molar-refractivity contribution in [1.29, 1.82) is 0 Å². The maximum atomic E-state index is 13.6. The Morgan fingerprint density at radius 3 is 2.44 bits per heavy atom. The van der Waals surface area contributed by atoms with Crippen LogP contribution < -0.4 is 0 Å². The molecule has 0 amide bonds. The van der Waals surface area contributed by atoms with Crippen LogP contribution >= 0.6 is 12.2 Å². The van der Waals surface area contributed by atoms with E-state index in [0.717, 1.165) is 43.3 Å². The van der Waals surface area contributed by atoms with E-state index in [1.165, 1.54) is 25.0 Å². The molecule has 180 valence electrons. The molecule has 3 heterocycles. The fourth-order valence-electron chi connectivity index (χ4n) is 5.29. The molecule has 2 fully saturated rings. The molecule has 0 saturated carbocycles. The predicted molar refractivity (Wildman–Crippen MR) is 134 cm³/mol. The third-order valence-corrected chi connectivity index (χ3v) is 7.13. The van der Waals surface area contributed by atoms with E-state index in [0.29, 0.717) is 17.5 Å². The SMILES string of the molecule is C[C@@H]1CN(C[C@@H]2CCCN2Cn2nc(-c3ccccc3)n(-c3ccc(F)cc3)c2=S)C[C@H](C)O1. The topological polar surface area (TPSA) is 38.5 Å². The minimum Gasteiger partial charge on any atom is -0.373 e. The number of halogens is 1. The highest BCUT2D eigenvalue weighted by molar-refractivity contribution is 7.71. The van der Waals surface area contributed by atoms with Gasteiger partial charge in [-0.15, -0.1) is 5.10 Å². The molecule has 0 aliphatic carbocycles. The number of hydrogen-bond acceptors (Lipinski definition) is 5. The van der Waals surface area contributed by atoms with Crippen molar-refractivity contribution < 1.29 is 9.13 Å². The summed E-state index contributed by atoms with van der Waals surface area (Å²) in [6.45, 7) is 8.98. The summed E-state index contributed by atoms with van der Waals surface area (Å²) in [6, 6.07) is 16.9. The maximum Gasteiger partial charge on any atom is 0.204 e. The van der Waals surface area contributed by atoms with Gasteiger partial charge in [0, 0.05) is 37.8 Å². The lowest BCUT2D eigenvalue weighted by atomic mass is 10.1. The Bertz CT molecular complexity index is 1150. The van der Waals surface area contributed by atoms with E-state index in [1.54, 1.807) is 12.1 Å². The molecule has 2 saturated heterocycles. The average molecular weight is 482 g/mol. The fourth-order valence-corrected chi connectivity index (χ4v) is 5.58. The van der Waals surface area contributed by atoms with Gasteiger partial charge in [-0.05, 0) is 63.2 Å². The molecule has 0 N–H and O–H groups in total. The molecular formula is C26H32FN5OS. The van der Waals surface area contributed by atoms with Crippen molar-refractivity contribution in [3.8, 4) is 17.1 Å². The van der Waals surface area contributed by atoms with E-state index >= 15 is 0 Å². The molecule has 0 radical (unpaired) electrons. The van der Waals surface area contributed by atoms with E-state index in [1.807, 2.05) is 39.6 Å². The zero-order valence-corrected chi connectivity index (χ0v) is 20.6. The lowest BCUT2D eigenvalue weighted by Gasteiger charge is -2.38. The monoisotopic (exact) mass is 481 g/mol. The maximum absolute atomic E-state index is 13.6. The number of rotatable bonds is 6. The second-order valence-electron chi connectivity index (χ2n) is 9.51. The number of hydrogen-bond donors (Lipinski definition) is 0. The number of aromatic nitrogens is 3. The Kier molecular flexibility index (Phi) is 6.92. The minimum absolute atomic E-state index is 0.268. The number of nitrogens with zero attached hydrogens (tertiary/aromatic N) is 5. The molecule has 2 aromatic carbocycles. The van der Waals surface area contributed by atoms with Crippen LogP contribution in [0, 0.1) is 10.6 Å². The third-order valence-electron chi connectivity index (χ3n) is 6.74.